The number of halogens is 1. The van der Waals surface area contributed by atoms with Gasteiger partial charge in [0.1, 0.15) is 0 Å². The summed E-state index contributed by atoms with van der Waals surface area (Å²) in [6.45, 7) is 5.71. The molecule has 0 aliphatic rings. The van der Waals surface area contributed by atoms with Gasteiger partial charge in [-0.2, -0.15) is 0 Å². The lowest BCUT2D eigenvalue weighted by Gasteiger charge is -2.20. The highest BCUT2D eigenvalue weighted by Gasteiger charge is 2.17. The van der Waals surface area contributed by atoms with Gasteiger partial charge in [-0.25, -0.2) is 0 Å². The highest BCUT2D eigenvalue weighted by molar-refractivity contribution is 9.10. The molecule has 3 heteroatoms. The minimum absolute atomic E-state index is 0.222. The predicted octanol–water partition coefficient (Wildman–Crippen LogP) is 2.99. The summed E-state index contributed by atoms with van der Waals surface area (Å²) in [5.41, 5.74) is 2.38. The summed E-state index contributed by atoms with van der Waals surface area (Å²) >= 11 is 3.53. The van der Waals surface area contributed by atoms with Crippen molar-refractivity contribution in [1.29, 1.82) is 0 Å². The second kappa shape index (κ2) is 5.80. The maximum absolute atomic E-state index is 9.64. The number of rotatable bonds is 4. The molecule has 3 atom stereocenters. The molecule has 0 radical (unpaired) electrons. The molecule has 0 saturated carbocycles. The van der Waals surface area contributed by atoms with Gasteiger partial charge in [0.05, 0.1) is 12.2 Å². The SMILES string of the molecule is Cc1ccc(C(C)CC(O)C(C)O)c(Br)c1. The standard InChI is InChI=1S/C13H19BrO2/c1-8-4-5-11(12(14)6-8)9(2)7-13(16)10(3)15/h4-6,9-10,13,15-16H,7H2,1-3H3. The Kier molecular flexibility index (Phi) is 4.96. The van der Waals surface area contributed by atoms with Crippen LogP contribution in [0.1, 0.15) is 37.3 Å². The number of aryl methyl sites for hydroxylation is 1. The number of aliphatic hydroxyl groups excluding tert-OH is 2. The third kappa shape index (κ3) is 3.58. The molecule has 0 aliphatic heterocycles. The zero-order chi connectivity index (χ0) is 12.3. The molecule has 0 saturated heterocycles. The van der Waals surface area contributed by atoms with E-state index < -0.39 is 12.2 Å². The average molecular weight is 287 g/mol. The van der Waals surface area contributed by atoms with Gasteiger partial charge in [-0.1, -0.05) is 35.0 Å². The van der Waals surface area contributed by atoms with Crippen LogP contribution in [0.3, 0.4) is 0 Å². The van der Waals surface area contributed by atoms with E-state index >= 15 is 0 Å². The lowest BCUT2D eigenvalue weighted by atomic mass is 9.93. The number of hydrogen-bond acceptors (Lipinski definition) is 2. The quantitative estimate of drug-likeness (QED) is 0.893. The van der Waals surface area contributed by atoms with Crippen molar-refractivity contribution in [2.45, 2.75) is 45.3 Å². The Morgan fingerprint density at radius 3 is 2.38 bits per heavy atom. The fourth-order valence-electron chi connectivity index (χ4n) is 1.72. The molecular weight excluding hydrogens is 268 g/mol. The fraction of sp³-hybridized carbons (Fsp3) is 0.538. The lowest BCUT2D eigenvalue weighted by Crippen LogP contribution is -2.24. The summed E-state index contributed by atoms with van der Waals surface area (Å²) < 4.78 is 1.07. The van der Waals surface area contributed by atoms with E-state index in [-0.39, 0.29) is 5.92 Å². The average Bonchev–Trinajstić information content (AvgIpc) is 2.16. The van der Waals surface area contributed by atoms with E-state index in [4.69, 9.17) is 0 Å². The molecule has 90 valence electrons. The van der Waals surface area contributed by atoms with E-state index in [1.54, 1.807) is 6.92 Å². The van der Waals surface area contributed by atoms with Crippen molar-refractivity contribution in [2.75, 3.05) is 0 Å². The van der Waals surface area contributed by atoms with E-state index in [1.807, 2.05) is 6.92 Å². The van der Waals surface area contributed by atoms with E-state index in [9.17, 15) is 10.2 Å². The van der Waals surface area contributed by atoms with Gasteiger partial charge in [0.25, 0.3) is 0 Å². The number of benzene rings is 1. The van der Waals surface area contributed by atoms with Crippen molar-refractivity contribution in [3.8, 4) is 0 Å². The molecule has 0 amide bonds. The molecule has 16 heavy (non-hydrogen) atoms. The monoisotopic (exact) mass is 286 g/mol. The number of hydrogen-bond donors (Lipinski definition) is 2. The van der Waals surface area contributed by atoms with Crippen LogP contribution in [0.25, 0.3) is 0 Å². The van der Waals surface area contributed by atoms with Crippen molar-refractivity contribution in [2.24, 2.45) is 0 Å². The molecular formula is C13H19BrO2. The smallest absolute Gasteiger partial charge is 0.0802 e. The maximum Gasteiger partial charge on any atom is 0.0802 e. The van der Waals surface area contributed by atoms with Crippen molar-refractivity contribution in [1.82, 2.24) is 0 Å². The highest BCUT2D eigenvalue weighted by atomic mass is 79.9. The predicted molar refractivity (Wildman–Crippen MR) is 69.6 cm³/mol. The van der Waals surface area contributed by atoms with Gasteiger partial charge < -0.3 is 10.2 Å². The first-order valence-corrected chi connectivity index (χ1v) is 6.33. The van der Waals surface area contributed by atoms with Crippen LogP contribution in [0.5, 0.6) is 0 Å². The van der Waals surface area contributed by atoms with Crippen molar-refractivity contribution >= 4 is 15.9 Å². The summed E-state index contributed by atoms with van der Waals surface area (Å²) in [5.74, 6) is 0.222. The van der Waals surface area contributed by atoms with E-state index in [0.717, 1.165) is 4.47 Å². The third-order valence-electron chi connectivity index (χ3n) is 2.84. The molecule has 0 spiro atoms. The Labute approximate surface area is 105 Å². The molecule has 0 bridgehead atoms. The fourth-order valence-corrected chi connectivity index (χ4v) is 2.60. The van der Waals surface area contributed by atoms with E-state index in [2.05, 4.69) is 41.1 Å². The summed E-state index contributed by atoms with van der Waals surface area (Å²) in [6.07, 6.45) is -0.769. The summed E-state index contributed by atoms with van der Waals surface area (Å²) in [4.78, 5) is 0. The third-order valence-corrected chi connectivity index (χ3v) is 3.53. The van der Waals surface area contributed by atoms with Crippen molar-refractivity contribution in [3.63, 3.8) is 0 Å². The van der Waals surface area contributed by atoms with Crippen LogP contribution < -0.4 is 0 Å². The van der Waals surface area contributed by atoms with E-state index in [1.165, 1.54) is 11.1 Å². The summed E-state index contributed by atoms with van der Waals surface area (Å²) in [7, 11) is 0. The van der Waals surface area contributed by atoms with Crippen molar-refractivity contribution < 1.29 is 10.2 Å². The van der Waals surface area contributed by atoms with Gasteiger partial charge in [-0.15, -0.1) is 0 Å². The Morgan fingerprint density at radius 1 is 1.25 bits per heavy atom. The second-order valence-corrected chi connectivity index (χ2v) is 5.32. The molecule has 0 aliphatic carbocycles. The van der Waals surface area contributed by atoms with Crippen LogP contribution in [-0.4, -0.2) is 22.4 Å². The molecule has 2 N–H and O–H groups in total. The first-order chi connectivity index (χ1) is 7.41. The topological polar surface area (TPSA) is 40.5 Å². The van der Waals surface area contributed by atoms with Crippen molar-refractivity contribution in [3.05, 3.63) is 33.8 Å². The van der Waals surface area contributed by atoms with Gasteiger partial charge in [-0.3, -0.25) is 0 Å². The van der Waals surface area contributed by atoms with Gasteiger partial charge >= 0.3 is 0 Å². The second-order valence-electron chi connectivity index (χ2n) is 4.47. The van der Waals surface area contributed by atoms with Gasteiger partial charge in [0.2, 0.25) is 0 Å². The lowest BCUT2D eigenvalue weighted by molar-refractivity contribution is 0.0227. The molecule has 0 heterocycles. The Balaban J connectivity index is 2.76. The van der Waals surface area contributed by atoms with Crippen LogP contribution in [0.15, 0.2) is 22.7 Å². The minimum Gasteiger partial charge on any atom is -0.391 e. The first-order valence-electron chi connectivity index (χ1n) is 5.54. The largest absolute Gasteiger partial charge is 0.391 e. The number of aliphatic hydroxyl groups is 2. The molecule has 2 nitrogen and oxygen atoms in total. The summed E-state index contributed by atoms with van der Waals surface area (Å²) in [6, 6.07) is 6.20. The Hall–Kier alpha value is -0.380. The maximum atomic E-state index is 9.64. The van der Waals surface area contributed by atoms with Crippen LogP contribution in [0, 0.1) is 6.92 Å². The van der Waals surface area contributed by atoms with E-state index in [0.29, 0.717) is 6.42 Å². The molecule has 1 aromatic rings. The van der Waals surface area contributed by atoms with Crippen LogP contribution >= 0.6 is 15.9 Å². The van der Waals surface area contributed by atoms with Gasteiger partial charge in [-0.05, 0) is 43.4 Å². The molecule has 0 aromatic heterocycles. The molecule has 1 aromatic carbocycles. The molecule has 1 rings (SSSR count). The van der Waals surface area contributed by atoms with Crippen LogP contribution in [-0.2, 0) is 0 Å². The van der Waals surface area contributed by atoms with Gasteiger partial charge in [0, 0.05) is 4.47 Å². The Morgan fingerprint density at radius 2 is 1.88 bits per heavy atom. The van der Waals surface area contributed by atoms with Gasteiger partial charge in [0.15, 0.2) is 0 Å². The van der Waals surface area contributed by atoms with Crippen LogP contribution in [0.4, 0.5) is 0 Å². The first kappa shape index (κ1) is 13.7. The zero-order valence-corrected chi connectivity index (χ0v) is 11.5. The van der Waals surface area contributed by atoms with Crippen LogP contribution in [0.2, 0.25) is 0 Å². The highest BCUT2D eigenvalue weighted by Crippen LogP contribution is 2.29. The minimum atomic E-state index is -0.674. The molecule has 0 fully saturated rings. The normalized spacial score (nSPS) is 16.9. The molecule has 3 unspecified atom stereocenters. The zero-order valence-electron chi connectivity index (χ0n) is 9.94. The Bertz CT molecular complexity index is 350. The summed E-state index contributed by atoms with van der Waals surface area (Å²) in [5, 5.41) is 18.9.